The van der Waals surface area contributed by atoms with Crippen molar-refractivity contribution in [3.05, 3.63) is 114 Å². The third-order valence-corrected chi connectivity index (χ3v) is 5.49. The maximum atomic E-state index is 6.84. The SMILES string of the molecule is ClC(c1ccccc1)c1n[nH]c(C(Cl)c2ccccc2)c1-c1ccccc1. The molecule has 0 amide bonds. The van der Waals surface area contributed by atoms with E-state index in [0.29, 0.717) is 0 Å². The minimum absolute atomic E-state index is 0.345. The predicted octanol–water partition coefficient (Wildman–Crippen LogP) is 6.73. The van der Waals surface area contributed by atoms with Crippen LogP contribution in [0.1, 0.15) is 33.3 Å². The van der Waals surface area contributed by atoms with Crippen molar-refractivity contribution >= 4 is 23.2 Å². The molecule has 1 aromatic heterocycles. The quantitative estimate of drug-likeness (QED) is 0.374. The van der Waals surface area contributed by atoms with Crippen molar-refractivity contribution in [1.29, 1.82) is 0 Å². The number of halogens is 2. The van der Waals surface area contributed by atoms with E-state index in [1.807, 2.05) is 78.9 Å². The molecule has 134 valence electrons. The maximum Gasteiger partial charge on any atom is 0.103 e. The molecule has 2 atom stereocenters. The number of hydrogen-bond donors (Lipinski definition) is 1. The standard InChI is InChI=1S/C23H18Cl2N2/c24-20(17-12-6-2-7-13-17)22-19(16-10-4-1-5-11-16)23(27-26-22)21(25)18-14-8-3-9-15-18/h1-15,20-21H,(H,26,27). The molecular formula is C23H18Cl2N2. The Kier molecular flexibility index (Phi) is 5.28. The fraction of sp³-hybridized carbons (Fsp3) is 0.0870. The second-order valence-corrected chi connectivity index (χ2v) is 7.18. The number of aromatic amines is 1. The largest absolute Gasteiger partial charge is 0.280 e. The Labute approximate surface area is 168 Å². The molecule has 27 heavy (non-hydrogen) atoms. The molecule has 2 unspecified atom stereocenters. The van der Waals surface area contributed by atoms with Gasteiger partial charge in [0.2, 0.25) is 0 Å². The summed E-state index contributed by atoms with van der Waals surface area (Å²) in [5.74, 6) is 0. The molecule has 0 spiro atoms. The minimum Gasteiger partial charge on any atom is -0.280 e. The van der Waals surface area contributed by atoms with E-state index >= 15 is 0 Å². The zero-order valence-electron chi connectivity index (χ0n) is 14.5. The van der Waals surface area contributed by atoms with Gasteiger partial charge in [-0.3, -0.25) is 5.10 Å². The zero-order valence-corrected chi connectivity index (χ0v) is 16.0. The topological polar surface area (TPSA) is 28.7 Å². The molecule has 0 fully saturated rings. The van der Waals surface area contributed by atoms with Gasteiger partial charge in [0.25, 0.3) is 0 Å². The number of nitrogens with zero attached hydrogens (tertiary/aromatic N) is 1. The number of rotatable bonds is 5. The van der Waals surface area contributed by atoms with Gasteiger partial charge < -0.3 is 0 Å². The van der Waals surface area contributed by atoms with Crippen molar-refractivity contribution in [3.8, 4) is 11.1 Å². The van der Waals surface area contributed by atoms with Gasteiger partial charge in [0.05, 0.1) is 11.4 Å². The first-order valence-corrected chi connectivity index (χ1v) is 9.64. The van der Waals surface area contributed by atoms with Crippen molar-refractivity contribution in [1.82, 2.24) is 10.2 Å². The average Bonchev–Trinajstić information content (AvgIpc) is 3.19. The van der Waals surface area contributed by atoms with Gasteiger partial charge in [0.1, 0.15) is 10.8 Å². The van der Waals surface area contributed by atoms with E-state index in [1.165, 1.54) is 0 Å². The first kappa shape index (κ1) is 17.8. The van der Waals surface area contributed by atoms with Crippen molar-refractivity contribution in [2.24, 2.45) is 0 Å². The first-order valence-electron chi connectivity index (χ1n) is 8.77. The number of alkyl halides is 2. The summed E-state index contributed by atoms with van der Waals surface area (Å²) < 4.78 is 0. The molecule has 4 heteroatoms. The van der Waals surface area contributed by atoms with Gasteiger partial charge in [-0.05, 0) is 16.7 Å². The van der Waals surface area contributed by atoms with Crippen molar-refractivity contribution in [2.75, 3.05) is 0 Å². The number of benzene rings is 3. The number of hydrogen-bond acceptors (Lipinski definition) is 1. The number of H-pyrrole nitrogens is 1. The Balaban J connectivity index is 1.85. The lowest BCUT2D eigenvalue weighted by atomic mass is 9.96. The highest BCUT2D eigenvalue weighted by atomic mass is 35.5. The Hall–Kier alpha value is -2.55. The number of aromatic nitrogens is 2. The molecule has 0 saturated carbocycles. The molecule has 1 heterocycles. The predicted molar refractivity (Wildman–Crippen MR) is 112 cm³/mol. The van der Waals surface area contributed by atoms with Crippen LogP contribution in [0.5, 0.6) is 0 Å². The van der Waals surface area contributed by atoms with E-state index in [0.717, 1.165) is 33.6 Å². The summed E-state index contributed by atoms with van der Waals surface area (Å²) in [5.41, 5.74) is 5.65. The van der Waals surface area contributed by atoms with Crippen LogP contribution < -0.4 is 0 Å². The summed E-state index contributed by atoms with van der Waals surface area (Å²) in [5, 5.41) is 7.01. The molecule has 2 nitrogen and oxygen atoms in total. The van der Waals surface area contributed by atoms with Crippen molar-refractivity contribution < 1.29 is 0 Å². The number of nitrogens with one attached hydrogen (secondary N) is 1. The lowest BCUT2D eigenvalue weighted by molar-refractivity contribution is 0.938. The van der Waals surface area contributed by atoms with Crippen LogP contribution in [0.2, 0.25) is 0 Å². The second kappa shape index (κ2) is 7.99. The average molecular weight is 393 g/mol. The van der Waals surface area contributed by atoms with E-state index in [9.17, 15) is 0 Å². The second-order valence-electron chi connectivity index (χ2n) is 6.31. The third kappa shape index (κ3) is 3.64. The third-order valence-electron chi connectivity index (χ3n) is 4.56. The van der Waals surface area contributed by atoms with Crippen LogP contribution in [0.4, 0.5) is 0 Å². The van der Waals surface area contributed by atoms with Crippen LogP contribution in [-0.2, 0) is 0 Å². The lowest BCUT2D eigenvalue weighted by Gasteiger charge is -2.14. The van der Waals surface area contributed by atoms with Crippen LogP contribution in [-0.4, -0.2) is 10.2 Å². The summed E-state index contributed by atoms with van der Waals surface area (Å²) in [7, 11) is 0. The van der Waals surface area contributed by atoms with Gasteiger partial charge >= 0.3 is 0 Å². The minimum atomic E-state index is -0.369. The van der Waals surface area contributed by atoms with Crippen LogP contribution in [0.25, 0.3) is 11.1 Å². The van der Waals surface area contributed by atoms with Crippen LogP contribution in [0, 0.1) is 0 Å². The van der Waals surface area contributed by atoms with Gasteiger partial charge in [0, 0.05) is 5.56 Å². The smallest absolute Gasteiger partial charge is 0.103 e. The molecule has 0 saturated heterocycles. The normalized spacial score (nSPS) is 13.3. The van der Waals surface area contributed by atoms with E-state index in [1.54, 1.807) is 0 Å². The van der Waals surface area contributed by atoms with Crippen molar-refractivity contribution in [2.45, 2.75) is 10.8 Å². The molecule has 1 N–H and O–H groups in total. The molecule has 4 rings (SSSR count). The van der Waals surface area contributed by atoms with Gasteiger partial charge in [-0.1, -0.05) is 91.0 Å². The Bertz CT molecular complexity index is 936. The first-order chi connectivity index (χ1) is 13.3. The summed E-state index contributed by atoms with van der Waals surface area (Å²) >= 11 is 13.7. The molecular weight excluding hydrogens is 375 g/mol. The summed E-state index contributed by atoms with van der Waals surface area (Å²) in [4.78, 5) is 0. The fourth-order valence-corrected chi connectivity index (χ4v) is 3.82. The van der Waals surface area contributed by atoms with Crippen LogP contribution >= 0.6 is 23.2 Å². The van der Waals surface area contributed by atoms with E-state index in [2.05, 4.69) is 22.3 Å². The van der Waals surface area contributed by atoms with E-state index in [-0.39, 0.29) is 10.8 Å². The van der Waals surface area contributed by atoms with Gasteiger partial charge in [0.15, 0.2) is 0 Å². The summed E-state index contributed by atoms with van der Waals surface area (Å²) in [6, 6.07) is 30.1. The fourth-order valence-electron chi connectivity index (χ4n) is 3.21. The maximum absolute atomic E-state index is 6.84. The molecule has 0 aliphatic rings. The monoisotopic (exact) mass is 392 g/mol. The Morgan fingerprint density at radius 2 is 1.11 bits per heavy atom. The highest BCUT2D eigenvalue weighted by Crippen LogP contribution is 2.41. The molecule has 0 aliphatic carbocycles. The molecule has 4 aromatic rings. The van der Waals surface area contributed by atoms with Gasteiger partial charge in [-0.2, -0.15) is 5.10 Å². The Morgan fingerprint density at radius 3 is 1.67 bits per heavy atom. The summed E-state index contributed by atoms with van der Waals surface area (Å²) in [6.07, 6.45) is 0. The van der Waals surface area contributed by atoms with E-state index < -0.39 is 0 Å². The van der Waals surface area contributed by atoms with Gasteiger partial charge in [-0.25, -0.2) is 0 Å². The van der Waals surface area contributed by atoms with Crippen LogP contribution in [0.15, 0.2) is 91.0 Å². The highest BCUT2D eigenvalue weighted by molar-refractivity contribution is 6.24. The Morgan fingerprint density at radius 1 is 0.630 bits per heavy atom. The van der Waals surface area contributed by atoms with Gasteiger partial charge in [-0.15, -0.1) is 23.2 Å². The summed E-state index contributed by atoms with van der Waals surface area (Å²) in [6.45, 7) is 0. The molecule has 0 bridgehead atoms. The lowest BCUT2D eigenvalue weighted by Crippen LogP contribution is -1.99. The molecule has 0 radical (unpaired) electrons. The molecule has 0 aliphatic heterocycles. The molecule has 3 aromatic carbocycles. The zero-order chi connectivity index (χ0) is 18.6. The van der Waals surface area contributed by atoms with Crippen LogP contribution in [0.3, 0.4) is 0 Å². The van der Waals surface area contributed by atoms with E-state index in [4.69, 9.17) is 23.2 Å². The highest BCUT2D eigenvalue weighted by Gasteiger charge is 2.26. The van der Waals surface area contributed by atoms with Crippen molar-refractivity contribution in [3.63, 3.8) is 0 Å².